The van der Waals surface area contributed by atoms with Gasteiger partial charge in [-0.3, -0.25) is 9.69 Å². The molecule has 0 spiro atoms. The Morgan fingerprint density at radius 3 is 2.64 bits per heavy atom. The average molecular weight is 464 g/mol. The second kappa shape index (κ2) is 10.3. The van der Waals surface area contributed by atoms with Crippen LogP contribution in [0.4, 0.5) is 0 Å². The highest BCUT2D eigenvalue weighted by atomic mass is 32.1. The number of H-pyrrole nitrogens is 1. The van der Waals surface area contributed by atoms with Gasteiger partial charge in [0.15, 0.2) is 0 Å². The zero-order chi connectivity index (χ0) is 23.4. The Balaban J connectivity index is 1.64. The first-order chi connectivity index (χ1) is 15.9. The van der Waals surface area contributed by atoms with E-state index in [9.17, 15) is 9.90 Å². The SMILES string of the molecule is COc1cccc(-c2csc3nc(CN(Cc4ccccc4)CC(O)C(C)C)[nH]c(=O)c23)c1. The van der Waals surface area contributed by atoms with Gasteiger partial charge in [0.1, 0.15) is 16.4 Å². The third-order valence-electron chi connectivity index (χ3n) is 5.71. The normalized spacial score (nSPS) is 12.5. The first kappa shape index (κ1) is 23.2. The lowest BCUT2D eigenvalue weighted by Crippen LogP contribution is -2.35. The predicted molar refractivity (Wildman–Crippen MR) is 134 cm³/mol. The molecule has 1 atom stereocenters. The van der Waals surface area contributed by atoms with E-state index in [1.165, 1.54) is 11.3 Å². The molecule has 0 fully saturated rings. The fraction of sp³-hybridized carbons (Fsp3) is 0.308. The zero-order valence-corrected chi connectivity index (χ0v) is 19.9. The third kappa shape index (κ3) is 5.50. The maximum Gasteiger partial charge on any atom is 0.260 e. The number of hydrogen-bond donors (Lipinski definition) is 2. The molecule has 0 saturated carbocycles. The fourth-order valence-electron chi connectivity index (χ4n) is 3.79. The second-order valence-electron chi connectivity index (χ2n) is 8.54. The summed E-state index contributed by atoms with van der Waals surface area (Å²) in [5, 5.41) is 13.1. The monoisotopic (exact) mass is 463 g/mol. The molecule has 0 saturated heterocycles. The molecular formula is C26H29N3O3S. The molecule has 33 heavy (non-hydrogen) atoms. The van der Waals surface area contributed by atoms with E-state index in [0.717, 1.165) is 22.4 Å². The van der Waals surface area contributed by atoms with Crippen molar-refractivity contribution in [2.24, 2.45) is 5.92 Å². The van der Waals surface area contributed by atoms with E-state index >= 15 is 0 Å². The van der Waals surface area contributed by atoms with Crippen LogP contribution in [0.25, 0.3) is 21.3 Å². The van der Waals surface area contributed by atoms with Gasteiger partial charge >= 0.3 is 0 Å². The van der Waals surface area contributed by atoms with Crippen LogP contribution in [-0.2, 0) is 13.1 Å². The number of thiophene rings is 1. The maximum atomic E-state index is 13.1. The number of nitrogens with one attached hydrogen (secondary N) is 1. The minimum atomic E-state index is -0.467. The van der Waals surface area contributed by atoms with Gasteiger partial charge in [0.2, 0.25) is 0 Å². The first-order valence-corrected chi connectivity index (χ1v) is 11.9. The molecule has 2 heterocycles. The van der Waals surface area contributed by atoms with Crippen LogP contribution in [0.5, 0.6) is 5.75 Å². The number of aromatic amines is 1. The summed E-state index contributed by atoms with van der Waals surface area (Å²) in [5.41, 5.74) is 2.77. The highest BCUT2D eigenvalue weighted by Crippen LogP contribution is 2.32. The van der Waals surface area contributed by atoms with Crippen LogP contribution in [0.1, 0.15) is 25.2 Å². The molecule has 0 bridgehead atoms. The molecule has 4 rings (SSSR count). The summed E-state index contributed by atoms with van der Waals surface area (Å²) in [6.07, 6.45) is -0.467. The van der Waals surface area contributed by atoms with Crippen molar-refractivity contribution in [2.75, 3.05) is 13.7 Å². The number of aliphatic hydroxyl groups is 1. The van der Waals surface area contributed by atoms with Gasteiger partial charge in [-0.1, -0.05) is 56.3 Å². The van der Waals surface area contributed by atoms with Crippen molar-refractivity contribution in [1.82, 2.24) is 14.9 Å². The van der Waals surface area contributed by atoms with Crippen LogP contribution in [0.3, 0.4) is 0 Å². The lowest BCUT2D eigenvalue weighted by atomic mass is 10.1. The van der Waals surface area contributed by atoms with Gasteiger partial charge < -0.3 is 14.8 Å². The molecule has 172 valence electrons. The van der Waals surface area contributed by atoms with Gasteiger partial charge in [-0.05, 0) is 29.2 Å². The van der Waals surface area contributed by atoms with E-state index in [-0.39, 0.29) is 11.5 Å². The molecule has 2 aromatic carbocycles. The predicted octanol–water partition coefficient (Wildman–Crippen LogP) is 4.68. The lowest BCUT2D eigenvalue weighted by Gasteiger charge is -2.26. The number of methoxy groups -OCH3 is 1. The lowest BCUT2D eigenvalue weighted by molar-refractivity contribution is 0.0689. The number of ether oxygens (including phenoxy) is 1. The number of aliphatic hydroxyl groups excluding tert-OH is 1. The Hall–Kier alpha value is -3.00. The highest BCUT2D eigenvalue weighted by molar-refractivity contribution is 7.17. The summed E-state index contributed by atoms with van der Waals surface area (Å²) >= 11 is 1.46. The van der Waals surface area contributed by atoms with Crippen molar-refractivity contribution >= 4 is 21.6 Å². The van der Waals surface area contributed by atoms with Crippen molar-refractivity contribution in [3.8, 4) is 16.9 Å². The number of rotatable bonds is 9. The summed E-state index contributed by atoms with van der Waals surface area (Å²) in [7, 11) is 1.63. The van der Waals surface area contributed by atoms with Crippen molar-refractivity contribution in [3.63, 3.8) is 0 Å². The highest BCUT2D eigenvalue weighted by Gasteiger charge is 2.19. The summed E-state index contributed by atoms with van der Waals surface area (Å²) < 4.78 is 5.33. The minimum Gasteiger partial charge on any atom is -0.497 e. The van der Waals surface area contributed by atoms with Crippen LogP contribution in [-0.4, -0.2) is 39.7 Å². The number of benzene rings is 2. The Labute approximate surface area is 197 Å². The van der Waals surface area contributed by atoms with E-state index in [1.807, 2.05) is 61.7 Å². The van der Waals surface area contributed by atoms with E-state index in [2.05, 4.69) is 22.0 Å². The molecule has 0 aliphatic rings. The topological polar surface area (TPSA) is 78.5 Å². The van der Waals surface area contributed by atoms with E-state index < -0.39 is 6.10 Å². The first-order valence-electron chi connectivity index (χ1n) is 11.0. The molecule has 0 aliphatic heterocycles. The molecule has 1 unspecified atom stereocenters. The molecule has 2 aromatic heterocycles. The van der Waals surface area contributed by atoms with Crippen molar-refractivity contribution in [3.05, 3.63) is 81.7 Å². The zero-order valence-electron chi connectivity index (χ0n) is 19.1. The second-order valence-corrected chi connectivity index (χ2v) is 9.40. The minimum absolute atomic E-state index is 0.139. The van der Waals surface area contributed by atoms with Crippen molar-refractivity contribution in [2.45, 2.75) is 33.0 Å². The molecular weight excluding hydrogens is 434 g/mol. The molecule has 0 aliphatic carbocycles. The average Bonchev–Trinajstić information content (AvgIpc) is 3.24. The maximum absolute atomic E-state index is 13.1. The van der Waals surface area contributed by atoms with Crippen LogP contribution >= 0.6 is 11.3 Å². The third-order valence-corrected chi connectivity index (χ3v) is 6.58. The van der Waals surface area contributed by atoms with Gasteiger partial charge in [-0.15, -0.1) is 11.3 Å². The van der Waals surface area contributed by atoms with E-state index in [0.29, 0.717) is 35.7 Å². The standard InChI is InChI=1S/C26H29N3O3S/c1-17(2)22(30)14-29(13-18-8-5-4-6-9-18)15-23-27-25(31)24-21(16-33-26(24)28-23)19-10-7-11-20(12-19)32-3/h4-12,16-17,22,30H,13-15H2,1-3H3,(H,27,28,31). The van der Waals surface area contributed by atoms with Crippen LogP contribution in [0.2, 0.25) is 0 Å². The summed E-state index contributed by atoms with van der Waals surface area (Å²) in [5.74, 6) is 1.48. The quantitative estimate of drug-likeness (QED) is 0.377. The van der Waals surface area contributed by atoms with Gasteiger partial charge in [-0.25, -0.2) is 4.98 Å². The molecule has 6 nitrogen and oxygen atoms in total. The molecule has 0 amide bonds. The molecule has 2 N–H and O–H groups in total. The van der Waals surface area contributed by atoms with Crippen molar-refractivity contribution < 1.29 is 9.84 Å². The van der Waals surface area contributed by atoms with Crippen LogP contribution in [0, 0.1) is 5.92 Å². The Morgan fingerprint density at radius 2 is 1.91 bits per heavy atom. The Kier molecular flexibility index (Phi) is 7.23. The van der Waals surface area contributed by atoms with E-state index in [1.54, 1.807) is 7.11 Å². The Bertz CT molecular complexity index is 1270. The fourth-order valence-corrected chi connectivity index (χ4v) is 4.75. The van der Waals surface area contributed by atoms with Gasteiger partial charge in [0.25, 0.3) is 5.56 Å². The van der Waals surface area contributed by atoms with Gasteiger partial charge in [0.05, 0.1) is 25.1 Å². The van der Waals surface area contributed by atoms with Crippen molar-refractivity contribution in [1.29, 1.82) is 0 Å². The van der Waals surface area contributed by atoms with E-state index in [4.69, 9.17) is 9.72 Å². The van der Waals surface area contributed by atoms with Gasteiger partial charge in [-0.2, -0.15) is 0 Å². The largest absolute Gasteiger partial charge is 0.497 e. The molecule has 4 aromatic rings. The van der Waals surface area contributed by atoms with Gasteiger partial charge in [0, 0.05) is 24.0 Å². The van der Waals surface area contributed by atoms with Crippen LogP contribution in [0.15, 0.2) is 64.8 Å². The smallest absolute Gasteiger partial charge is 0.260 e. The number of hydrogen-bond acceptors (Lipinski definition) is 6. The summed E-state index contributed by atoms with van der Waals surface area (Å²) in [4.78, 5) is 23.7. The summed E-state index contributed by atoms with van der Waals surface area (Å²) in [6, 6.07) is 17.8. The number of nitrogens with zero attached hydrogens (tertiary/aromatic N) is 2. The number of fused-ring (bicyclic) bond motifs is 1. The Morgan fingerprint density at radius 1 is 1.12 bits per heavy atom. The molecule has 7 heteroatoms. The molecule has 0 radical (unpaired) electrons. The number of aromatic nitrogens is 2. The van der Waals surface area contributed by atoms with Crippen LogP contribution < -0.4 is 10.3 Å². The summed E-state index contributed by atoms with van der Waals surface area (Å²) in [6.45, 7) is 5.60.